The second-order valence-corrected chi connectivity index (χ2v) is 6.16. The van der Waals surface area contributed by atoms with E-state index < -0.39 is 0 Å². The summed E-state index contributed by atoms with van der Waals surface area (Å²) in [4.78, 5) is 16.1. The van der Waals surface area contributed by atoms with Gasteiger partial charge in [-0.2, -0.15) is 0 Å². The molecule has 1 unspecified atom stereocenters. The minimum atomic E-state index is -0.0156. The van der Waals surface area contributed by atoms with Crippen molar-refractivity contribution in [3.8, 4) is 11.8 Å². The zero-order chi connectivity index (χ0) is 15.1. The standard InChI is InChI=1S/C16H22N2O2S/c1-2-18-10-5-6-13(18)12-17-16(20)15-9-8-14(21-15)7-3-4-11-19/h8-9,13,19H,2,4-6,10-12H2,1H3,(H,17,20). The highest BCUT2D eigenvalue weighted by atomic mass is 32.1. The van der Waals surface area contributed by atoms with Crippen LogP contribution >= 0.6 is 11.3 Å². The average Bonchev–Trinajstić information content (AvgIpc) is 3.13. The zero-order valence-corrected chi connectivity index (χ0v) is 13.2. The van der Waals surface area contributed by atoms with Gasteiger partial charge in [-0.3, -0.25) is 9.69 Å². The molecule has 21 heavy (non-hydrogen) atoms. The third-order valence-electron chi connectivity index (χ3n) is 3.68. The summed E-state index contributed by atoms with van der Waals surface area (Å²) in [7, 11) is 0. The largest absolute Gasteiger partial charge is 0.395 e. The van der Waals surface area contributed by atoms with E-state index in [2.05, 4.69) is 29.0 Å². The van der Waals surface area contributed by atoms with Crippen LogP contribution < -0.4 is 5.32 Å². The van der Waals surface area contributed by atoms with Gasteiger partial charge in [-0.1, -0.05) is 18.8 Å². The van der Waals surface area contributed by atoms with Crippen molar-refractivity contribution in [2.75, 3.05) is 26.2 Å². The Bertz CT molecular complexity index is 530. The minimum absolute atomic E-state index is 0.0156. The van der Waals surface area contributed by atoms with Crippen molar-refractivity contribution in [2.24, 2.45) is 0 Å². The molecule has 4 nitrogen and oxygen atoms in total. The number of nitrogens with one attached hydrogen (secondary N) is 1. The Hall–Kier alpha value is -1.35. The van der Waals surface area contributed by atoms with Crippen LogP contribution in [0.25, 0.3) is 0 Å². The smallest absolute Gasteiger partial charge is 0.261 e. The van der Waals surface area contributed by atoms with Crippen LogP contribution in [0.2, 0.25) is 0 Å². The summed E-state index contributed by atoms with van der Waals surface area (Å²) in [5.74, 6) is 5.80. The number of amides is 1. The number of hydrogen-bond acceptors (Lipinski definition) is 4. The number of aliphatic hydroxyl groups is 1. The third-order valence-corrected chi connectivity index (χ3v) is 4.68. The summed E-state index contributed by atoms with van der Waals surface area (Å²) in [6.07, 6.45) is 2.85. The van der Waals surface area contributed by atoms with Crippen LogP contribution in [-0.4, -0.2) is 48.2 Å². The van der Waals surface area contributed by atoms with Gasteiger partial charge in [-0.15, -0.1) is 11.3 Å². The first-order valence-corrected chi connectivity index (χ1v) is 8.28. The van der Waals surface area contributed by atoms with E-state index in [1.807, 2.05) is 12.1 Å². The summed E-state index contributed by atoms with van der Waals surface area (Å²) in [5, 5.41) is 11.7. The fourth-order valence-corrected chi connectivity index (χ4v) is 3.37. The molecule has 0 saturated carbocycles. The van der Waals surface area contributed by atoms with E-state index in [4.69, 9.17) is 5.11 Å². The lowest BCUT2D eigenvalue weighted by Crippen LogP contribution is -2.39. The monoisotopic (exact) mass is 306 g/mol. The first kappa shape index (κ1) is 16.0. The van der Waals surface area contributed by atoms with Crippen molar-refractivity contribution in [1.29, 1.82) is 0 Å². The predicted molar refractivity (Wildman–Crippen MR) is 85.5 cm³/mol. The van der Waals surface area contributed by atoms with Crippen molar-refractivity contribution in [3.63, 3.8) is 0 Å². The highest BCUT2D eigenvalue weighted by Gasteiger charge is 2.23. The van der Waals surface area contributed by atoms with Crippen molar-refractivity contribution in [3.05, 3.63) is 21.9 Å². The number of hydrogen-bond donors (Lipinski definition) is 2. The van der Waals surface area contributed by atoms with Gasteiger partial charge in [0.15, 0.2) is 0 Å². The zero-order valence-electron chi connectivity index (χ0n) is 12.4. The molecule has 1 aromatic rings. The van der Waals surface area contributed by atoms with Crippen molar-refractivity contribution in [2.45, 2.75) is 32.2 Å². The first-order valence-electron chi connectivity index (χ1n) is 7.46. The van der Waals surface area contributed by atoms with E-state index in [0.717, 1.165) is 30.9 Å². The second-order valence-electron chi connectivity index (χ2n) is 5.07. The Morgan fingerprint density at radius 3 is 3.19 bits per heavy atom. The number of thiophene rings is 1. The minimum Gasteiger partial charge on any atom is -0.395 e. The molecule has 0 aliphatic carbocycles. The molecule has 1 fully saturated rings. The molecule has 0 radical (unpaired) electrons. The lowest BCUT2D eigenvalue weighted by atomic mass is 10.2. The lowest BCUT2D eigenvalue weighted by Gasteiger charge is -2.22. The fraction of sp³-hybridized carbons (Fsp3) is 0.562. The lowest BCUT2D eigenvalue weighted by molar-refractivity contribution is 0.0945. The Morgan fingerprint density at radius 2 is 2.43 bits per heavy atom. The molecule has 1 aliphatic rings. The van der Waals surface area contributed by atoms with E-state index in [-0.39, 0.29) is 12.5 Å². The molecule has 2 rings (SSSR count). The summed E-state index contributed by atoms with van der Waals surface area (Å²) in [6.45, 7) is 5.14. The van der Waals surface area contributed by atoms with Gasteiger partial charge in [0.25, 0.3) is 5.91 Å². The number of aliphatic hydroxyl groups excluding tert-OH is 1. The molecule has 1 saturated heterocycles. The number of nitrogens with zero attached hydrogens (tertiary/aromatic N) is 1. The maximum absolute atomic E-state index is 12.1. The predicted octanol–water partition coefficient (Wildman–Crippen LogP) is 1.70. The molecule has 0 aromatic carbocycles. The van der Waals surface area contributed by atoms with Crippen molar-refractivity contribution in [1.82, 2.24) is 10.2 Å². The van der Waals surface area contributed by atoms with Gasteiger partial charge >= 0.3 is 0 Å². The molecule has 2 N–H and O–H groups in total. The molecule has 1 aliphatic heterocycles. The van der Waals surface area contributed by atoms with Gasteiger partial charge in [0.2, 0.25) is 0 Å². The van der Waals surface area contributed by atoms with E-state index in [9.17, 15) is 4.79 Å². The normalized spacial score (nSPS) is 18.3. The molecular weight excluding hydrogens is 284 g/mol. The summed E-state index contributed by atoms with van der Waals surface area (Å²) >= 11 is 1.40. The molecule has 0 bridgehead atoms. The number of carbonyl (C=O) groups is 1. The molecule has 0 spiro atoms. The van der Waals surface area contributed by atoms with Crippen LogP contribution in [0.15, 0.2) is 12.1 Å². The maximum atomic E-state index is 12.1. The average molecular weight is 306 g/mol. The maximum Gasteiger partial charge on any atom is 0.261 e. The SMILES string of the molecule is CCN1CCCC1CNC(=O)c1ccc(C#CCCO)s1. The van der Waals surface area contributed by atoms with Gasteiger partial charge in [0.05, 0.1) is 16.4 Å². The van der Waals surface area contributed by atoms with Crippen LogP contribution in [0.1, 0.15) is 40.7 Å². The Kier molecular flexibility index (Phi) is 6.24. The number of rotatable bonds is 5. The van der Waals surface area contributed by atoms with Crippen LogP contribution in [0.5, 0.6) is 0 Å². The van der Waals surface area contributed by atoms with Crippen LogP contribution in [0.3, 0.4) is 0 Å². The van der Waals surface area contributed by atoms with Gasteiger partial charge in [-0.25, -0.2) is 0 Å². The Balaban J connectivity index is 1.85. The molecule has 1 atom stereocenters. The molecule has 1 amide bonds. The van der Waals surface area contributed by atoms with E-state index in [0.29, 0.717) is 17.3 Å². The second kappa shape index (κ2) is 8.18. The summed E-state index contributed by atoms with van der Waals surface area (Å²) < 4.78 is 0. The van der Waals surface area contributed by atoms with Crippen LogP contribution in [-0.2, 0) is 0 Å². The number of likely N-dealkylation sites (tertiary alicyclic amines) is 1. The number of likely N-dealkylation sites (N-methyl/N-ethyl adjacent to an activating group) is 1. The highest BCUT2D eigenvalue weighted by molar-refractivity contribution is 7.14. The molecule has 114 valence electrons. The van der Waals surface area contributed by atoms with Gasteiger partial charge in [0.1, 0.15) is 0 Å². The van der Waals surface area contributed by atoms with Crippen molar-refractivity contribution >= 4 is 17.2 Å². The topological polar surface area (TPSA) is 52.6 Å². The summed E-state index contributed by atoms with van der Waals surface area (Å²) in [5.41, 5.74) is 0. The highest BCUT2D eigenvalue weighted by Crippen LogP contribution is 2.17. The molecule has 2 heterocycles. The number of carbonyl (C=O) groups excluding carboxylic acids is 1. The quantitative estimate of drug-likeness (QED) is 0.814. The van der Waals surface area contributed by atoms with Gasteiger partial charge in [-0.05, 0) is 38.1 Å². The van der Waals surface area contributed by atoms with Crippen LogP contribution in [0.4, 0.5) is 0 Å². The van der Waals surface area contributed by atoms with Crippen LogP contribution in [0, 0.1) is 11.8 Å². The Labute approximate surface area is 130 Å². The third kappa shape index (κ3) is 4.57. The summed E-state index contributed by atoms with van der Waals surface area (Å²) in [6, 6.07) is 4.15. The van der Waals surface area contributed by atoms with E-state index in [1.165, 1.54) is 17.8 Å². The van der Waals surface area contributed by atoms with Crippen molar-refractivity contribution < 1.29 is 9.90 Å². The molecule has 1 aromatic heterocycles. The Morgan fingerprint density at radius 1 is 1.57 bits per heavy atom. The molecule has 5 heteroatoms. The van der Waals surface area contributed by atoms with Gasteiger partial charge in [0, 0.05) is 19.0 Å². The van der Waals surface area contributed by atoms with E-state index in [1.54, 1.807) is 0 Å². The first-order chi connectivity index (χ1) is 10.2. The van der Waals surface area contributed by atoms with Gasteiger partial charge < -0.3 is 10.4 Å². The molecular formula is C16H22N2O2S. The fourth-order valence-electron chi connectivity index (χ4n) is 2.57. The van der Waals surface area contributed by atoms with E-state index >= 15 is 0 Å².